The predicted octanol–water partition coefficient (Wildman–Crippen LogP) is 7.45. The number of hydrogen-bond acceptors (Lipinski definition) is 7. The zero-order valence-corrected chi connectivity index (χ0v) is 25.7. The second kappa shape index (κ2) is 13.3. The highest BCUT2D eigenvalue weighted by atomic mass is 32.1. The van der Waals surface area contributed by atoms with E-state index in [0.29, 0.717) is 11.5 Å². The topological polar surface area (TPSA) is 63.7 Å². The van der Waals surface area contributed by atoms with Gasteiger partial charge in [0.1, 0.15) is 10.0 Å². The van der Waals surface area contributed by atoms with Crippen molar-refractivity contribution in [2.75, 3.05) is 45.3 Å². The van der Waals surface area contributed by atoms with Crippen LogP contribution < -0.4 is 10.2 Å². The van der Waals surface area contributed by atoms with Crippen LogP contribution in [0.4, 0.5) is 5.00 Å². The van der Waals surface area contributed by atoms with Crippen molar-refractivity contribution in [3.63, 3.8) is 0 Å². The summed E-state index contributed by atoms with van der Waals surface area (Å²) in [5, 5.41) is 5.62. The van der Waals surface area contributed by atoms with Crippen LogP contribution in [0.1, 0.15) is 68.3 Å². The monoisotopic (exact) mass is 573 g/mol. The molecule has 218 valence electrons. The molecule has 0 aliphatic carbocycles. The van der Waals surface area contributed by atoms with Crippen LogP contribution in [0.25, 0.3) is 27.3 Å². The quantitative estimate of drug-likeness (QED) is 0.254. The molecule has 1 saturated heterocycles. The number of rotatable bonds is 10. The molecule has 1 N–H and O–H groups in total. The average Bonchev–Trinajstić information content (AvgIpc) is 3.54. The van der Waals surface area contributed by atoms with E-state index in [0.717, 1.165) is 72.7 Å². The first-order valence-electron chi connectivity index (χ1n) is 15.0. The molecular weight excluding hydrogens is 530 g/mol. The Morgan fingerprint density at radius 1 is 1.07 bits per heavy atom. The molecule has 0 saturated carbocycles. The van der Waals surface area contributed by atoms with Gasteiger partial charge in [0.15, 0.2) is 0 Å². The zero-order chi connectivity index (χ0) is 28.8. The Morgan fingerprint density at radius 2 is 1.80 bits per heavy atom. The van der Waals surface area contributed by atoms with Crippen molar-refractivity contribution < 1.29 is 14.3 Å². The minimum absolute atomic E-state index is 0.00391. The minimum atomic E-state index is -0.298. The lowest BCUT2D eigenvalue weighted by Gasteiger charge is -2.46. The van der Waals surface area contributed by atoms with Gasteiger partial charge in [-0.15, -0.1) is 0 Å². The summed E-state index contributed by atoms with van der Waals surface area (Å²) < 4.78 is 11.3. The lowest BCUT2D eigenvalue weighted by molar-refractivity contribution is -0.0794. The number of methoxy groups -OCH3 is 2. The van der Waals surface area contributed by atoms with Crippen molar-refractivity contribution in [2.45, 2.75) is 58.0 Å². The smallest absolute Gasteiger partial charge is 0.338 e. The van der Waals surface area contributed by atoms with E-state index >= 15 is 0 Å². The molecule has 0 radical (unpaired) electrons. The summed E-state index contributed by atoms with van der Waals surface area (Å²) in [5.74, 6) is 0.327. The van der Waals surface area contributed by atoms with Gasteiger partial charge in [-0.3, -0.25) is 0 Å². The highest BCUT2D eigenvalue weighted by molar-refractivity contribution is 7.18. The van der Waals surface area contributed by atoms with Crippen LogP contribution >= 0.6 is 11.3 Å². The maximum atomic E-state index is 12.5. The summed E-state index contributed by atoms with van der Waals surface area (Å²) in [6.07, 6.45) is 10.8. The molecule has 1 aromatic heterocycles. The molecule has 0 bridgehead atoms. The molecule has 0 spiro atoms. The number of carbonyl (C=O) groups excluding carboxylic acids is 1. The van der Waals surface area contributed by atoms with Gasteiger partial charge >= 0.3 is 5.97 Å². The molecule has 0 amide bonds. The van der Waals surface area contributed by atoms with Crippen LogP contribution in [0.5, 0.6) is 0 Å². The van der Waals surface area contributed by atoms with Gasteiger partial charge in [-0.1, -0.05) is 74.4 Å². The van der Waals surface area contributed by atoms with Crippen LogP contribution in [-0.4, -0.2) is 57.0 Å². The van der Waals surface area contributed by atoms with Crippen molar-refractivity contribution in [3.05, 3.63) is 65.9 Å². The molecule has 7 heteroatoms. The van der Waals surface area contributed by atoms with Gasteiger partial charge in [0.05, 0.1) is 24.5 Å². The van der Waals surface area contributed by atoms with E-state index in [1.54, 1.807) is 11.3 Å². The number of aromatic nitrogens is 1. The first kappa shape index (κ1) is 29.5. The molecular formula is C34H43N3O3S. The average molecular weight is 574 g/mol. The largest absolute Gasteiger partial charge is 0.465 e. The molecule has 2 aromatic carbocycles. The number of piperidine rings is 1. The summed E-state index contributed by atoms with van der Waals surface area (Å²) in [6, 6.07) is 14.6. The molecule has 1 unspecified atom stereocenters. The van der Waals surface area contributed by atoms with E-state index < -0.39 is 0 Å². The number of thiazole rings is 1. The number of nitrogens with one attached hydrogen (secondary N) is 1. The van der Waals surface area contributed by atoms with Crippen molar-refractivity contribution in [1.29, 1.82) is 0 Å². The number of carbonyl (C=O) groups is 1. The highest BCUT2D eigenvalue weighted by Crippen LogP contribution is 2.41. The number of benzene rings is 2. The summed E-state index contributed by atoms with van der Waals surface area (Å²) in [4.78, 5) is 19.8. The molecule has 6 nitrogen and oxygen atoms in total. The van der Waals surface area contributed by atoms with Crippen LogP contribution in [0, 0.1) is 5.92 Å². The van der Waals surface area contributed by atoms with Crippen molar-refractivity contribution in [3.8, 4) is 21.7 Å². The lowest BCUT2D eigenvalue weighted by atomic mass is 9.75. The number of hydrogen-bond donors (Lipinski definition) is 1. The molecule has 41 heavy (non-hydrogen) atoms. The second-order valence-corrected chi connectivity index (χ2v) is 12.2. The van der Waals surface area contributed by atoms with E-state index in [-0.39, 0.29) is 11.6 Å². The lowest BCUT2D eigenvalue weighted by Crippen LogP contribution is -2.50. The van der Waals surface area contributed by atoms with E-state index in [4.69, 9.17) is 14.5 Å². The standard InChI is InChI=1S/C34H43N3O3S/c1-5-7-28(6-2)34(40-4)16-20-37(21-17-34)31-23-36-32(41-31)26-10-8-24(9-11-26)27-12-13-29(33(38)39-3)30(22-27)25-14-18-35-19-15-25/h8-14,22-23,28,35H,5-7,15-21H2,1-4H3. The fraction of sp³-hybridized carbons (Fsp3) is 0.471. The fourth-order valence-electron chi connectivity index (χ4n) is 6.57. The van der Waals surface area contributed by atoms with Gasteiger partial charge in [0, 0.05) is 32.3 Å². The molecule has 5 rings (SSSR count). The second-order valence-electron chi connectivity index (χ2n) is 11.2. The van der Waals surface area contributed by atoms with E-state index in [9.17, 15) is 4.79 Å². The molecule has 3 aromatic rings. The van der Waals surface area contributed by atoms with Crippen LogP contribution in [0.15, 0.2) is 54.7 Å². The summed E-state index contributed by atoms with van der Waals surface area (Å²) in [6.45, 7) is 8.31. The normalized spacial score (nSPS) is 17.7. The Hall–Kier alpha value is -3.00. The molecule has 1 atom stereocenters. The number of nitrogens with zero attached hydrogens (tertiary/aromatic N) is 2. The SMILES string of the molecule is CCCC(CC)C1(OC)CCN(c2cnc(-c3ccc(-c4ccc(C(=O)OC)c(C5=CCNCC5)c4)cc3)s2)CC1. The van der Waals surface area contributed by atoms with Crippen molar-refractivity contribution in [2.24, 2.45) is 5.92 Å². The van der Waals surface area contributed by atoms with Gasteiger partial charge in [-0.05, 0) is 72.5 Å². The van der Waals surface area contributed by atoms with Gasteiger partial charge in [0.2, 0.25) is 0 Å². The molecule has 2 aliphatic rings. The van der Waals surface area contributed by atoms with Gasteiger partial charge in [-0.25, -0.2) is 9.78 Å². The van der Waals surface area contributed by atoms with Crippen LogP contribution in [-0.2, 0) is 9.47 Å². The Kier molecular flexibility index (Phi) is 9.58. The van der Waals surface area contributed by atoms with E-state index in [2.05, 4.69) is 60.5 Å². The first-order valence-corrected chi connectivity index (χ1v) is 15.8. The Balaban J connectivity index is 1.31. The number of anilines is 1. The fourth-order valence-corrected chi connectivity index (χ4v) is 7.54. The van der Waals surface area contributed by atoms with E-state index in [1.165, 1.54) is 36.9 Å². The van der Waals surface area contributed by atoms with E-state index in [1.807, 2.05) is 25.4 Å². The van der Waals surface area contributed by atoms with Crippen molar-refractivity contribution >= 4 is 27.9 Å². The Labute approximate surface area is 248 Å². The summed E-state index contributed by atoms with van der Waals surface area (Å²) >= 11 is 1.76. The third kappa shape index (κ3) is 6.27. The Morgan fingerprint density at radius 3 is 2.44 bits per heavy atom. The number of esters is 1. The van der Waals surface area contributed by atoms with Crippen molar-refractivity contribution in [1.82, 2.24) is 10.3 Å². The van der Waals surface area contributed by atoms with Gasteiger partial charge < -0.3 is 19.7 Å². The highest BCUT2D eigenvalue weighted by Gasteiger charge is 2.40. The summed E-state index contributed by atoms with van der Waals surface area (Å²) in [7, 11) is 3.34. The van der Waals surface area contributed by atoms with Gasteiger partial charge in [-0.2, -0.15) is 0 Å². The third-order valence-electron chi connectivity index (χ3n) is 9.00. The zero-order valence-electron chi connectivity index (χ0n) is 24.9. The molecule has 1 fully saturated rings. The van der Waals surface area contributed by atoms with Crippen LogP contribution in [0.2, 0.25) is 0 Å². The minimum Gasteiger partial charge on any atom is -0.465 e. The summed E-state index contributed by atoms with van der Waals surface area (Å²) in [5.41, 5.74) is 6.09. The maximum absolute atomic E-state index is 12.5. The third-order valence-corrected chi connectivity index (χ3v) is 10.1. The maximum Gasteiger partial charge on any atom is 0.338 e. The predicted molar refractivity (Wildman–Crippen MR) is 170 cm³/mol. The first-order chi connectivity index (χ1) is 20.0. The Bertz CT molecular complexity index is 1360. The molecule has 3 heterocycles. The number of ether oxygens (including phenoxy) is 2. The van der Waals surface area contributed by atoms with Crippen LogP contribution in [0.3, 0.4) is 0 Å². The van der Waals surface area contributed by atoms with Gasteiger partial charge in [0.25, 0.3) is 0 Å². The molecule has 2 aliphatic heterocycles.